The van der Waals surface area contributed by atoms with E-state index in [0.717, 1.165) is 20.5 Å². The second-order valence-corrected chi connectivity index (χ2v) is 7.72. The Morgan fingerprint density at radius 3 is 2.38 bits per heavy atom. The minimum Gasteiger partial charge on any atom is -0.378 e. The van der Waals surface area contributed by atoms with Crippen LogP contribution in [-0.2, 0) is 4.79 Å². The molecule has 0 bridgehead atoms. The summed E-state index contributed by atoms with van der Waals surface area (Å²) in [5, 5.41) is 3.42. The molecule has 2 aromatic rings. The first-order valence-electron chi connectivity index (χ1n) is 7.34. The van der Waals surface area contributed by atoms with Crippen LogP contribution in [0.3, 0.4) is 0 Å². The van der Waals surface area contributed by atoms with Crippen LogP contribution in [0.1, 0.15) is 5.56 Å². The Hall–Kier alpha value is -1.80. The largest absolute Gasteiger partial charge is 0.378 e. The van der Waals surface area contributed by atoms with Gasteiger partial charge in [-0.05, 0) is 82.4 Å². The van der Waals surface area contributed by atoms with Crippen molar-refractivity contribution in [2.45, 2.75) is 0 Å². The maximum atomic E-state index is 12.1. The van der Waals surface area contributed by atoms with Gasteiger partial charge < -0.3 is 10.2 Å². The Kier molecular flexibility index (Phi) is 5.25. The summed E-state index contributed by atoms with van der Waals surface area (Å²) in [6.07, 6.45) is 1.88. The highest BCUT2D eigenvalue weighted by atomic mass is 127. The number of nitrogens with one attached hydrogen (secondary N) is 1. The summed E-state index contributed by atoms with van der Waals surface area (Å²) in [5.41, 5.74) is 2.95. The van der Waals surface area contributed by atoms with Crippen molar-refractivity contribution >= 4 is 62.9 Å². The average Bonchev–Trinajstić information content (AvgIpc) is 2.89. The molecular formula is C18H16IN3OS. The molecule has 0 aliphatic carbocycles. The van der Waals surface area contributed by atoms with E-state index >= 15 is 0 Å². The molecule has 3 rings (SSSR count). The zero-order valence-corrected chi connectivity index (χ0v) is 16.3. The van der Waals surface area contributed by atoms with Crippen molar-refractivity contribution in [2.75, 3.05) is 19.0 Å². The van der Waals surface area contributed by atoms with Crippen molar-refractivity contribution in [2.24, 2.45) is 4.99 Å². The van der Waals surface area contributed by atoms with Crippen LogP contribution in [0.15, 0.2) is 58.4 Å². The molecule has 1 aliphatic rings. The van der Waals surface area contributed by atoms with E-state index in [1.807, 2.05) is 73.6 Å². The molecule has 1 heterocycles. The first kappa shape index (κ1) is 17.0. The lowest BCUT2D eigenvalue weighted by Gasteiger charge is -2.11. The van der Waals surface area contributed by atoms with E-state index in [2.05, 4.69) is 32.9 Å². The smallest absolute Gasteiger partial charge is 0.264 e. The number of carbonyl (C=O) groups is 1. The van der Waals surface area contributed by atoms with Crippen molar-refractivity contribution in [3.8, 4) is 0 Å². The van der Waals surface area contributed by atoms with Crippen LogP contribution in [0.25, 0.3) is 6.08 Å². The van der Waals surface area contributed by atoms with Crippen molar-refractivity contribution in [1.29, 1.82) is 0 Å². The van der Waals surface area contributed by atoms with Crippen LogP contribution in [0, 0.1) is 3.57 Å². The number of nitrogens with zero attached hydrogens (tertiary/aromatic N) is 2. The Balaban J connectivity index is 1.77. The SMILES string of the molecule is CN(C)c1ccc(/C=C2/SC(=Nc3ccc(I)cc3)NC2=O)cc1. The number of thioether (sulfide) groups is 1. The van der Waals surface area contributed by atoms with Crippen LogP contribution in [-0.4, -0.2) is 25.2 Å². The third-order valence-corrected chi connectivity index (χ3v) is 5.04. The number of halogens is 1. The van der Waals surface area contributed by atoms with Gasteiger partial charge in [0.25, 0.3) is 5.91 Å². The molecule has 2 aromatic carbocycles. The number of aliphatic imine (C=N–C) groups is 1. The van der Waals surface area contributed by atoms with Gasteiger partial charge in [-0.1, -0.05) is 12.1 Å². The van der Waals surface area contributed by atoms with Gasteiger partial charge in [-0.15, -0.1) is 0 Å². The summed E-state index contributed by atoms with van der Waals surface area (Å²) < 4.78 is 1.15. The van der Waals surface area contributed by atoms with Gasteiger partial charge in [0.2, 0.25) is 0 Å². The molecule has 0 radical (unpaired) electrons. The van der Waals surface area contributed by atoms with Gasteiger partial charge in [-0.2, -0.15) is 0 Å². The van der Waals surface area contributed by atoms with E-state index in [0.29, 0.717) is 10.1 Å². The summed E-state index contributed by atoms with van der Waals surface area (Å²) in [7, 11) is 4.00. The lowest BCUT2D eigenvalue weighted by atomic mass is 10.2. The van der Waals surface area contributed by atoms with Crippen LogP contribution in [0.2, 0.25) is 0 Å². The third-order valence-electron chi connectivity index (χ3n) is 3.42. The Labute approximate surface area is 159 Å². The average molecular weight is 449 g/mol. The van der Waals surface area contributed by atoms with Gasteiger partial charge in [-0.3, -0.25) is 4.79 Å². The Bertz CT molecular complexity index is 811. The van der Waals surface area contributed by atoms with E-state index < -0.39 is 0 Å². The van der Waals surface area contributed by atoms with Gasteiger partial charge >= 0.3 is 0 Å². The van der Waals surface area contributed by atoms with Gasteiger partial charge in [-0.25, -0.2) is 4.99 Å². The molecule has 24 heavy (non-hydrogen) atoms. The van der Waals surface area contributed by atoms with Crippen molar-refractivity contribution in [3.63, 3.8) is 0 Å². The van der Waals surface area contributed by atoms with E-state index in [9.17, 15) is 4.79 Å². The highest BCUT2D eigenvalue weighted by Gasteiger charge is 2.23. The highest BCUT2D eigenvalue weighted by Crippen LogP contribution is 2.28. The van der Waals surface area contributed by atoms with Crippen LogP contribution in [0.5, 0.6) is 0 Å². The third kappa shape index (κ3) is 4.18. The first-order chi connectivity index (χ1) is 11.5. The molecule has 0 aromatic heterocycles. The second kappa shape index (κ2) is 7.40. The number of hydrogen-bond acceptors (Lipinski definition) is 4. The molecule has 6 heteroatoms. The van der Waals surface area contributed by atoms with E-state index in [1.54, 1.807) is 0 Å². The van der Waals surface area contributed by atoms with Gasteiger partial charge in [0.1, 0.15) is 0 Å². The maximum absolute atomic E-state index is 12.1. The Morgan fingerprint density at radius 1 is 1.08 bits per heavy atom. The zero-order chi connectivity index (χ0) is 17.1. The summed E-state index contributed by atoms with van der Waals surface area (Å²) in [5.74, 6) is -0.110. The molecule has 0 unspecified atom stereocenters. The first-order valence-corrected chi connectivity index (χ1v) is 9.23. The molecule has 0 atom stereocenters. The number of benzene rings is 2. The number of rotatable bonds is 3. The van der Waals surface area contributed by atoms with Crippen molar-refractivity contribution < 1.29 is 4.79 Å². The van der Waals surface area contributed by atoms with Gasteiger partial charge in [0.05, 0.1) is 10.6 Å². The molecule has 1 fully saturated rings. The molecular weight excluding hydrogens is 433 g/mol. The zero-order valence-electron chi connectivity index (χ0n) is 13.3. The summed E-state index contributed by atoms with van der Waals surface area (Å²) in [4.78, 5) is 19.3. The number of amides is 1. The number of hydrogen-bond donors (Lipinski definition) is 1. The summed E-state index contributed by atoms with van der Waals surface area (Å²) in [6.45, 7) is 0. The summed E-state index contributed by atoms with van der Waals surface area (Å²) in [6, 6.07) is 15.9. The molecule has 1 amide bonds. The fourth-order valence-electron chi connectivity index (χ4n) is 2.13. The molecule has 1 aliphatic heterocycles. The highest BCUT2D eigenvalue weighted by molar-refractivity contribution is 14.1. The minimum absolute atomic E-state index is 0.110. The lowest BCUT2D eigenvalue weighted by molar-refractivity contribution is -0.115. The van der Waals surface area contributed by atoms with Gasteiger partial charge in [0, 0.05) is 23.4 Å². The molecule has 122 valence electrons. The quantitative estimate of drug-likeness (QED) is 0.563. The van der Waals surface area contributed by atoms with Crippen LogP contribution < -0.4 is 10.2 Å². The number of anilines is 1. The molecule has 1 saturated heterocycles. The number of amidine groups is 1. The van der Waals surface area contributed by atoms with Crippen molar-refractivity contribution in [1.82, 2.24) is 5.32 Å². The van der Waals surface area contributed by atoms with Crippen molar-refractivity contribution in [3.05, 3.63) is 62.6 Å². The van der Waals surface area contributed by atoms with E-state index in [1.165, 1.54) is 11.8 Å². The van der Waals surface area contributed by atoms with E-state index in [-0.39, 0.29) is 5.91 Å². The fourth-order valence-corrected chi connectivity index (χ4v) is 3.33. The van der Waals surface area contributed by atoms with Crippen LogP contribution >= 0.6 is 34.4 Å². The molecule has 4 nitrogen and oxygen atoms in total. The summed E-state index contributed by atoms with van der Waals surface area (Å²) >= 11 is 3.61. The fraction of sp³-hybridized carbons (Fsp3) is 0.111. The standard InChI is InChI=1S/C18H16IN3OS/c1-22(2)15-9-3-12(4-10-15)11-16-17(23)21-18(24-16)20-14-7-5-13(19)6-8-14/h3-11H,1-2H3,(H,20,21,23)/b16-11+. The van der Waals surface area contributed by atoms with Gasteiger partial charge in [0.15, 0.2) is 5.17 Å². The molecule has 0 spiro atoms. The predicted octanol–water partition coefficient (Wildman–Crippen LogP) is 4.25. The lowest BCUT2D eigenvalue weighted by Crippen LogP contribution is -2.19. The van der Waals surface area contributed by atoms with Crippen LogP contribution in [0.4, 0.5) is 11.4 Å². The number of carbonyl (C=O) groups excluding carboxylic acids is 1. The maximum Gasteiger partial charge on any atom is 0.264 e. The Morgan fingerprint density at radius 2 is 1.75 bits per heavy atom. The minimum atomic E-state index is -0.110. The monoisotopic (exact) mass is 449 g/mol. The second-order valence-electron chi connectivity index (χ2n) is 5.44. The molecule has 0 saturated carbocycles. The van der Waals surface area contributed by atoms with E-state index in [4.69, 9.17) is 0 Å². The normalized spacial score (nSPS) is 17.4. The topological polar surface area (TPSA) is 44.7 Å². The predicted molar refractivity (Wildman–Crippen MR) is 111 cm³/mol. The molecule has 1 N–H and O–H groups in total.